The monoisotopic (exact) mass is 458 g/mol. The van der Waals surface area contributed by atoms with Crippen molar-refractivity contribution in [2.75, 3.05) is 0 Å². The maximum Gasteiger partial charge on any atom is 0.513 e. The first kappa shape index (κ1) is 29.6. The molecule has 0 spiro atoms. The average molecular weight is 459 g/mol. The molecule has 0 aromatic heterocycles. The highest BCUT2D eigenvalue weighted by atomic mass is 17.3. The normalized spacial score (nSPS) is 12.6. The summed E-state index contributed by atoms with van der Waals surface area (Å²) in [7, 11) is 0. The molecule has 0 N–H and O–H groups in total. The molecular formula is C23H38O9. The van der Waals surface area contributed by atoms with E-state index in [0.717, 1.165) is 0 Å². The molecule has 0 atom stereocenters. The van der Waals surface area contributed by atoms with Gasteiger partial charge in [-0.15, -0.1) is 9.78 Å². The molecule has 0 aromatic carbocycles. The molecule has 0 aliphatic rings. The number of ether oxygens (including phenoxy) is 2. The summed E-state index contributed by atoms with van der Waals surface area (Å²) < 4.78 is 10.0. The Morgan fingerprint density at radius 2 is 0.906 bits per heavy atom. The fraction of sp³-hybridized carbons (Fsp3) is 0.696. The highest BCUT2D eigenvalue weighted by Crippen LogP contribution is 2.31. The Bertz CT molecular complexity index is 670. The van der Waals surface area contributed by atoms with E-state index in [4.69, 9.17) is 29.0 Å². The predicted octanol–water partition coefficient (Wildman–Crippen LogP) is 5.55. The molecule has 0 rings (SSSR count). The Labute approximate surface area is 190 Å². The van der Waals surface area contributed by atoms with Crippen LogP contribution in [0.4, 0.5) is 4.79 Å². The summed E-state index contributed by atoms with van der Waals surface area (Å²) in [5.74, 6) is -4.94. The van der Waals surface area contributed by atoms with Crippen LogP contribution in [0.3, 0.4) is 0 Å². The van der Waals surface area contributed by atoms with E-state index < -0.39 is 40.5 Å². The number of carbonyl (C=O) groups is 3. The zero-order valence-corrected chi connectivity index (χ0v) is 21.0. The molecule has 0 radical (unpaired) electrons. The zero-order valence-electron chi connectivity index (χ0n) is 21.0. The van der Waals surface area contributed by atoms with Gasteiger partial charge in [-0.05, 0) is 23.7 Å². The fourth-order valence-corrected chi connectivity index (χ4v) is 1.81. The van der Waals surface area contributed by atoms with Crippen LogP contribution in [0, 0.1) is 10.8 Å². The third-order valence-electron chi connectivity index (χ3n) is 5.19. The van der Waals surface area contributed by atoms with Gasteiger partial charge in [0.15, 0.2) is 0 Å². The minimum absolute atomic E-state index is 0.211. The van der Waals surface area contributed by atoms with Gasteiger partial charge in [-0.1, -0.05) is 54.7 Å². The molecule has 0 saturated heterocycles. The second-order valence-electron chi connectivity index (χ2n) is 9.59. The smallest absolute Gasteiger partial charge is 0.398 e. The fourth-order valence-electron chi connectivity index (χ4n) is 1.81. The van der Waals surface area contributed by atoms with E-state index >= 15 is 0 Å². The van der Waals surface area contributed by atoms with Crippen LogP contribution in [-0.2, 0) is 38.6 Å². The minimum Gasteiger partial charge on any atom is -0.398 e. The first-order valence-electron chi connectivity index (χ1n) is 10.4. The molecule has 184 valence electrons. The van der Waals surface area contributed by atoms with Gasteiger partial charge in [0.1, 0.15) is 0 Å². The van der Waals surface area contributed by atoms with E-state index in [1.54, 1.807) is 0 Å². The standard InChI is InChI=1S/C23H38O9/c1-13-20(5,6)15(3)17(24)29-31-22(9,10)27-19(26)28-23(11,12)32-30-18(25)16(4)21(7,8)14-2/h3-4,13-14H2,1-2,5-12H3. The van der Waals surface area contributed by atoms with Crippen LogP contribution in [0.25, 0.3) is 0 Å². The molecular weight excluding hydrogens is 420 g/mol. The first-order chi connectivity index (χ1) is 14.3. The highest BCUT2D eigenvalue weighted by molar-refractivity contribution is 5.89. The van der Waals surface area contributed by atoms with Crippen LogP contribution in [0.1, 0.15) is 82.1 Å². The lowest BCUT2D eigenvalue weighted by Gasteiger charge is -2.28. The van der Waals surface area contributed by atoms with E-state index in [2.05, 4.69) is 13.2 Å². The number of rotatable bonds is 12. The van der Waals surface area contributed by atoms with Crippen molar-refractivity contribution >= 4 is 18.1 Å². The molecule has 0 aliphatic carbocycles. The summed E-state index contributed by atoms with van der Waals surface area (Å²) in [6.07, 6.45) is 0.110. The number of hydrogen-bond donors (Lipinski definition) is 0. The summed E-state index contributed by atoms with van der Waals surface area (Å²) in [6.45, 7) is 23.9. The van der Waals surface area contributed by atoms with Crippen LogP contribution in [-0.4, -0.2) is 29.7 Å². The van der Waals surface area contributed by atoms with Crippen LogP contribution in [0.15, 0.2) is 24.3 Å². The van der Waals surface area contributed by atoms with E-state index in [-0.39, 0.29) is 11.1 Å². The number of hydrogen-bond acceptors (Lipinski definition) is 9. The second kappa shape index (κ2) is 11.0. The van der Waals surface area contributed by atoms with Crippen molar-refractivity contribution in [3.63, 3.8) is 0 Å². The Balaban J connectivity index is 4.77. The third-order valence-corrected chi connectivity index (χ3v) is 5.19. The topological polar surface area (TPSA) is 107 Å². The van der Waals surface area contributed by atoms with Crippen molar-refractivity contribution < 1.29 is 43.4 Å². The summed E-state index contributed by atoms with van der Waals surface area (Å²) in [6, 6.07) is 0. The first-order valence-corrected chi connectivity index (χ1v) is 10.4. The average Bonchev–Trinajstić information content (AvgIpc) is 2.67. The third kappa shape index (κ3) is 9.40. The SMILES string of the molecule is C=C(C(=O)OOC(C)(C)OC(=O)OC(C)(C)OOC(=O)C(=C)C(C)(C)CC)C(C)(C)CC. The Morgan fingerprint density at radius 1 is 0.625 bits per heavy atom. The Hall–Kier alpha value is -2.39. The molecule has 9 heteroatoms. The summed E-state index contributed by atoms with van der Waals surface area (Å²) in [5, 5.41) is 0. The Morgan fingerprint density at radius 3 is 1.16 bits per heavy atom. The van der Waals surface area contributed by atoms with Crippen molar-refractivity contribution in [1.29, 1.82) is 0 Å². The van der Waals surface area contributed by atoms with Crippen LogP contribution in [0.2, 0.25) is 0 Å². The van der Waals surface area contributed by atoms with Gasteiger partial charge in [0, 0.05) is 38.8 Å². The quantitative estimate of drug-likeness (QED) is 0.122. The minimum atomic E-state index is -1.68. The van der Waals surface area contributed by atoms with Gasteiger partial charge in [-0.2, -0.15) is 0 Å². The van der Waals surface area contributed by atoms with Crippen molar-refractivity contribution in [2.45, 2.75) is 93.7 Å². The van der Waals surface area contributed by atoms with E-state index in [9.17, 15) is 14.4 Å². The van der Waals surface area contributed by atoms with E-state index in [1.165, 1.54) is 27.7 Å². The molecule has 0 aliphatic heterocycles. The summed E-state index contributed by atoms with van der Waals surface area (Å²) in [5.41, 5.74) is -0.549. The van der Waals surface area contributed by atoms with Gasteiger partial charge in [-0.3, -0.25) is 9.78 Å². The van der Waals surface area contributed by atoms with Crippen molar-refractivity contribution in [3.8, 4) is 0 Å². The lowest BCUT2D eigenvalue weighted by Crippen LogP contribution is -2.38. The molecule has 32 heavy (non-hydrogen) atoms. The molecule has 0 unspecified atom stereocenters. The second-order valence-corrected chi connectivity index (χ2v) is 9.59. The molecule has 0 aromatic rings. The molecule has 9 nitrogen and oxygen atoms in total. The van der Waals surface area contributed by atoms with Crippen LogP contribution < -0.4 is 0 Å². The molecule has 0 heterocycles. The summed E-state index contributed by atoms with van der Waals surface area (Å²) in [4.78, 5) is 55.7. The van der Waals surface area contributed by atoms with Gasteiger partial charge < -0.3 is 9.47 Å². The predicted molar refractivity (Wildman–Crippen MR) is 117 cm³/mol. The molecule has 0 bridgehead atoms. The van der Waals surface area contributed by atoms with Gasteiger partial charge in [0.05, 0.1) is 0 Å². The Kier molecular flexibility index (Phi) is 10.1. The lowest BCUT2D eigenvalue weighted by atomic mass is 9.83. The maximum absolute atomic E-state index is 12.1. The van der Waals surface area contributed by atoms with E-state index in [0.29, 0.717) is 12.8 Å². The highest BCUT2D eigenvalue weighted by Gasteiger charge is 2.36. The lowest BCUT2D eigenvalue weighted by molar-refractivity contribution is -0.398. The maximum atomic E-state index is 12.1. The van der Waals surface area contributed by atoms with Gasteiger partial charge in [-0.25, -0.2) is 14.4 Å². The molecule has 0 saturated carbocycles. The summed E-state index contributed by atoms with van der Waals surface area (Å²) >= 11 is 0. The van der Waals surface area contributed by atoms with Crippen molar-refractivity contribution in [2.24, 2.45) is 10.8 Å². The molecule has 0 fully saturated rings. The van der Waals surface area contributed by atoms with E-state index in [1.807, 2.05) is 41.5 Å². The number of carbonyl (C=O) groups excluding carboxylic acids is 3. The van der Waals surface area contributed by atoms with Crippen molar-refractivity contribution in [3.05, 3.63) is 24.3 Å². The van der Waals surface area contributed by atoms with Crippen molar-refractivity contribution in [1.82, 2.24) is 0 Å². The largest absolute Gasteiger partial charge is 0.513 e. The van der Waals surface area contributed by atoms with Gasteiger partial charge >= 0.3 is 18.1 Å². The van der Waals surface area contributed by atoms with Gasteiger partial charge in [0.25, 0.3) is 11.6 Å². The molecule has 0 amide bonds. The van der Waals surface area contributed by atoms with Crippen LogP contribution >= 0.6 is 0 Å². The van der Waals surface area contributed by atoms with Gasteiger partial charge in [0.2, 0.25) is 0 Å². The van der Waals surface area contributed by atoms with Crippen LogP contribution in [0.5, 0.6) is 0 Å². The zero-order chi connectivity index (χ0) is 25.5.